The summed E-state index contributed by atoms with van der Waals surface area (Å²) >= 11 is 0. The van der Waals surface area contributed by atoms with Gasteiger partial charge in [0, 0.05) is 56.9 Å². The van der Waals surface area contributed by atoms with Crippen molar-refractivity contribution in [1.29, 1.82) is 0 Å². The summed E-state index contributed by atoms with van der Waals surface area (Å²) in [6, 6.07) is 8.14. The number of nitrogens with one attached hydrogen (secondary N) is 1. The second-order valence-corrected chi connectivity index (χ2v) is 7.36. The molecule has 1 aromatic heterocycles. The van der Waals surface area contributed by atoms with E-state index in [2.05, 4.69) is 22.9 Å². The van der Waals surface area contributed by atoms with E-state index < -0.39 is 0 Å². The average molecular weight is 370 g/mol. The number of fused-ring (bicyclic) bond motifs is 1. The minimum atomic E-state index is -0.0295. The molecule has 2 aromatic rings. The number of benzene rings is 1. The smallest absolute Gasteiger partial charge is 0.320 e. The molecule has 0 spiro atoms. The lowest BCUT2D eigenvalue weighted by molar-refractivity contribution is 0.0373. The van der Waals surface area contributed by atoms with Crippen LogP contribution in [0.5, 0.6) is 0 Å². The molecule has 2 aliphatic heterocycles. The van der Waals surface area contributed by atoms with Gasteiger partial charge in [-0.1, -0.05) is 11.6 Å². The lowest BCUT2D eigenvalue weighted by Crippen LogP contribution is -2.54. The van der Waals surface area contributed by atoms with Crippen molar-refractivity contribution in [1.82, 2.24) is 19.7 Å². The van der Waals surface area contributed by atoms with Gasteiger partial charge < -0.3 is 19.5 Å². The van der Waals surface area contributed by atoms with Crippen LogP contribution in [0.2, 0.25) is 0 Å². The molecule has 3 heterocycles. The number of aryl methyl sites for hydroxylation is 1. The Morgan fingerprint density at radius 2 is 1.74 bits per heavy atom. The third-order valence-corrected chi connectivity index (χ3v) is 5.40. The molecule has 2 aliphatic rings. The maximum Gasteiger partial charge on any atom is 0.320 e. The maximum atomic E-state index is 12.6. The van der Waals surface area contributed by atoms with Crippen LogP contribution in [0.3, 0.4) is 0 Å². The number of aromatic amines is 1. The van der Waals surface area contributed by atoms with Crippen LogP contribution >= 0.6 is 0 Å². The van der Waals surface area contributed by atoms with Gasteiger partial charge in [-0.2, -0.15) is 0 Å². The van der Waals surface area contributed by atoms with Gasteiger partial charge in [0.2, 0.25) is 0 Å². The van der Waals surface area contributed by atoms with E-state index in [1.54, 1.807) is 0 Å². The molecule has 2 saturated heterocycles. The number of hydrogen-bond donors (Lipinski definition) is 1. The molecular weight excluding hydrogens is 344 g/mol. The van der Waals surface area contributed by atoms with E-state index in [-0.39, 0.29) is 11.6 Å². The van der Waals surface area contributed by atoms with Crippen LogP contribution in [0.15, 0.2) is 29.1 Å². The molecule has 2 amide bonds. The number of aromatic nitrogens is 1. The van der Waals surface area contributed by atoms with Crippen molar-refractivity contribution in [3.8, 4) is 0 Å². The van der Waals surface area contributed by atoms with E-state index in [1.165, 1.54) is 5.56 Å². The van der Waals surface area contributed by atoms with E-state index in [0.717, 1.165) is 29.6 Å². The molecule has 144 valence electrons. The van der Waals surface area contributed by atoms with Crippen LogP contribution in [0.1, 0.15) is 11.1 Å². The molecule has 0 unspecified atom stereocenters. The number of rotatable bonds is 2. The van der Waals surface area contributed by atoms with Crippen LogP contribution < -0.4 is 5.56 Å². The zero-order valence-electron chi connectivity index (χ0n) is 15.7. The molecule has 4 rings (SSSR count). The number of pyridine rings is 1. The Kier molecular flexibility index (Phi) is 5.13. The predicted octanol–water partition coefficient (Wildman–Crippen LogP) is 1.41. The fourth-order valence-electron chi connectivity index (χ4n) is 3.78. The topological polar surface area (TPSA) is 68.9 Å². The van der Waals surface area contributed by atoms with E-state index in [0.29, 0.717) is 45.9 Å². The monoisotopic (exact) mass is 370 g/mol. The van der Waals surface area contributed by atoms with Crippen molar-refractivity contribution >= 4 is 16.9 Å². The van der Waals surface area contributed by atoms with Crippen LogP contribution in [-0.2, 0) is 11.3 Å². The Hall–Kier alpha value is -2.38. The zero-order valence-corrected chi connectivity index (χ0v) is 15.7. The number of urea groups is 1. The van der Waals surface area contributed by atoms with Gasteiger partial charge in [-0.3, -0.25) is 9.69 Å². The highest BCUT2D eigenvalue weighted by Gasteiger charge is 2.26. The normalized spacial score (nSPS) is 18.9. The SMILES string of the molecule is Cc1ccc2[nH]c(=O)c(CN3CCN(C(=O)N4CCOCC4)CC3)cc2c1. The summed E-state index contributed by atoms with van der Waals surface area (Å²) < 4.78 is 5.32. The molecule has 27 heavy (non-hydrogen) atoms. The van der Waals surface area contributed by atoms with Crippen molar-refractivity contribution in [2.75, 3.05) is 52.5 Å². The summed E-state index contributed by atoms with van der Waals surface area (Å²) in [6.45, 7) is 8.19. The van der Waals surface area contributed by atoms with E-state index in [9.17, 15) is 9.59 Å². The van der Waals surface area contributed by atoms with Crippen molar-refractivity contribution in [2.24, 2.45) is 0 Å². The number of nitrogens with zero attached hydrogens (tertiary/aromatic N) is 3. The Morgan fingerprint density at radius 3 is 2.48 bits per heavy atom. The third kappa shape index (κ3) is 3.99. The quantitative estimate of drug-likeness (QED) is 0.868. The molecule has 0 saturated carbocycles. The molecule has 7 nitrogen and oxygen atoms in total. The van der Waals surface area contributed by atoms with Gasteiger partial charge in [0.05, 0.1) is 13.2 Å². The third-order valence-electron chi connectivity index (χ3n) is 5.40. The molecule has 0 bridgehead atoms. The van der Waals surface area contributed by atoms with Gasteiger partial charge in [0.25, 0.3) is 5.56 Å². The van der Waals surface area contributed by atoms with Crippen molar-refractivity contribution in [3.63, 3.8) is 0 Å². The minimum absolute atomic E-state index is 0.0295. The molecule has 7 heteroatoms. The first-order valence-electron chi connectivity index (χ1n) is 9.57. The summed E-state index contributed by atoms with van der Waals surface area (Å²) in [5, 5.41) is 1.06. The molecule has 1 aromatic carbocycles. The Balaban J connectivity index is 1.39. The van der Waals surface area contributed by atoms with E-state index in [4.69, 9.17) is 4.74 Å². The van der Waals surface area contributed by atoms with Crippen molar-refractivity contribution in [3.05, 3.63) is 45.7 Å². The number of amides is 2. The average Bonchev–Trinajstić information content (AvgIpc) is 2.69. The second-order valence-electron chi connectivity index (χ2n) is 7.36. The van der Waals surface area contributed by atoms with Crippen LogP contribution in [0, 0.1) is 6.92 Å². The molecule has 0 radical (unpaired) electrons. The second kappa shape index (κ2) is 7.70. The number of carbonyl (C=O) groups excluding carboxylic acids is 1. The highest BCUT2D eigenvalue weighted by atomic mass is 16.5. The molecule has 2 fully saturated rings. The van der Waals surface area contributed by atoms with E-state index >= 15 is 0 Å². The first-order valence-corrected chi connectivity index (χ1v) is 9.57. The Bertz CT molecular complexity index is 880. The van der Waals surface area contributed by atoms with Crippen LogP contribution in [0.25, 0.3) is 10.9 Å². The summed E-state index contributed by atoms with van der Waals surface area (Å²) in [5.41, 5.74) is 2.80. The maximum absolute atomic E-state index is 12.6. The van der Waals surface area contributed by atoms with Gasteiger partial charge in [-0.05, 0) is 30.5 Å². The fraction of sp³-hybridized carbons (Fsp3) is 0.500. The van der Waals surface area contributed by atoms with Gasteiger partial charge in [0.15, 0.2) is 0 Å². The molecule has 1 N–H and O–H groups in total. The fourth-order valence-corrected chi connectivity index (χ4v) is 3.78. The summed E-state index contributed by atoms with van der Waals surface area (Å²) in [4.78, 5) is 34.0. The minimum Gasteiger partial charge on any atom is -0.378 e. The van der Waals surface area contributed by atoms with Crippen LogP contribution in [-0.4, -0.2) is 78.2 Å². The number of H-pyrrole nitrogens is 1. The molecular formula is C20H26N4O3. The highest BCUT2D eigenvalue weighted by molar-refractivity contribution is 5.79. The van der Waals surface area contributed by atoms with Crippen LogP contribution in [0.4, 0.5) is 4.79 Å². The number of carbonyl (C=O) groups is 1. The van der Waals surface area contributed by atoms with Crippen molar-refractivity contribution in [2.45, 2.75) is 13.5 Å². The molecule has 0 atom stereocenters. The standard InChI is InChI=1S/C20H26N4O3/c1-15-2-3-18-16(12-15)13-17(19(25)21-18)14-22-4-6-23(7-5-22)20(26)24-8-10-27-11-9-24/h2-3,12-13H,4-11,14H2,1H3,(H,21,25). The van der Waals surface area contributed by atoms with Gasteiger partial charge in [-0.15, -0.1) is 0 Å². The first kappa shape index (κ1) is 18.0. The van der Waals surface area contributed by atoms with Gasteiger partial charge >= 0.3 is 6.03 Å². The van der Waals surface area contributed by atoms with Gasteiger partial charge in [-0.25, -0.2) is 4.79 Å². The zero-order chi connectivity index (χ0) is 18.8. The first-order chi connectivity index (χ1) is 13.1. The van der Waals surface area contributed by atoms with Crippen molar-refractivity contribution < 1.29 is 9.53 Å². The van der Waals surface area contributed by atoms with Gasteiger partial charge in [0.1, 0.15) is 0 Å². The predicted molar refractivity (Wildman–Crippen MR) is 104 cm³/mol. The summed E-state index contributed by atoms with van der Waals surface area (Å²) in [5.74, 6) is 0. The lowest BCUT2D eigenvalue weighted by atomic mass is 10.1. The Morgan fingerprint density at radius 1 is 1.04 bits per heavy atom. The molecule has 0 aliphatic carbocycles. The highest BCUT2D eigenvalue weighted by Crippen LogP contribution is 2.15. The number of ether oxygens (including phenoxy) is 1. The number of morpholine rings is 1. The number of hydrogen-bond acceptors (Lipinski definition) is 4. The lowest BCUT2D eigenvalue weighted by Gasteiger charge is -2.38. The largest absolute Gasteiger partial charge is 0.378 e. The summed E-state index contributed by atoms with van der Waals surface area (Å²) in [6.07, 6.45) is 0. The number of piperazine rings is 1. The van der Waals surface area contributed by atoms with E-state index in [1.807, 2.05) is 28.0 Å². The Labute approximate surface area is 158 Å². The summed E-state index contributed by atoms with van der Waals surface area (Å²) in [7, 11) is 0.